The van der Waals surface area contributed by atoms with E-state index in [2.05, 4.69) is 10.6 Å². The summed E-state index contributed by atoms with van der Waals surface area (Å²) in [6.07, 6.45) is 2.57. The quantitative estimate of drug-likeness (QED) is 0.560. The minimum absolute atomic E-state index is 0.159. The molecule has 0 radical (unpaired) electrons. The van der Waals surface area contributed by atoms with Gasteiger partial charge in [-0.15, -0.1) is 0 Å². The minimum atomic E-state index is 0.159. The van der Waals surface area contributed by atoms with E-state index < -0.39 is 0 Å². The van der Waals surface area contributed by atoms with Crippen LogP contribution in [0.5, 0.6) is 0 Å². The summed E-state index contributed by atoms with van der Waals surface area (Å²) in [4.78, 5) is 11.5. The van der Waals surface area contributed by atoms with Crippen molar-refractivity contribution in [3.8, 4) is 0 Å². The summed E-state index contributed by atoms with van der Waals surface area (Å²) >= 11 is 1.92. The van der Waals surface area contributed by atoms with Gasteiger partial charge in [0.2, 0.25) is 5.91 Å². The highest BCUT2D eigenvalue weighted by molar-refractivity contribution is 7.99. The number of hydrogen-bond donors (Lipinski definition) is 3. The summed E-state index contributed by atoms with van der Waals surface area (Å²) < 4.78 is 0. The summed E-state index contributed by atoms with van der Waals surface area (Å²) in [5.74, 6) is 2.37. The van der Waals surface area contributed by atoms with Crippen LogP contribution in [0, 0.1) is 0 Å². The SMILES string of the molecule is NCCCCNC(=O)CC1CSCCN1. The Morgan fingerprint density at radius 2 is 2.40 bits per heavy atom. The smallest absolute Gasteiger partial charge is 0.221 e. The number of amides is 1. The number of nitrogens with two attached hydrogens (primary N) is 1. The zero-order chi connectivity index (χ0) is 10.9. The molecule has 1 unspecified atom stereocenters. The van der Waals surface area contributed by atoms with Crippen molar-refractivity contribution in [3.63, 3.8) is 0 Å². The molecule has 1 heterocycles. The van der Waals surface area contributed by atoms with Crippen molar-refractivity contribution in [1.82, 2.24) is 10.6 Å². The van der Waals surface area contributed by atoms with E-state index in [9.17, 15) is 4.79 Å². The predicted molar refractivity (Wildman–Crippen MR) is 65.0 cm³/mol. The minimum Gasteiger partial charge on any atom is -0.356 e. The van der Waals surface area contributed by atoms with Crippen molar-refractivity contribution < 1.29 is 4.79 Å². The van der Waals surface area contributed by atoms with E-state index in [1.165, 1.54) is 0 Å². The highest BCUT2D eigenvalue weighted by Crippen LogP contribution is 2.09. The monoisotopic (exact) mass is 231 g/mol. The molecule has 1 aliphatic rings. The fourth-order valence-electron chi connectivity index (χ4n) is 1.54. The highest BCUT2D eigenvalue weighted by atomic mass is 32.2. The number of nitrogens with one attached hydrogen (secondary N) is 2. The lowest BCUT2D eigenvalue weighted by atomic mass is 10.2. The molecule has 0 aromatic carbocycles. The molecule has 1 saturated heterocycles. The Bertz CT molecular complexity index is 184. The molecule has 15 heavy (non-hydrogen) atoms. The average molecular weight is 231 g/mol. The molecule has 0 spiro atoms. The van der Waals surface area contributed by atoms with E-state index in [1.807, 2.05) is 11.8 Å². The molecule has 4 nitrogen and oxygen atoms in total. The van der Waals surface area contributed by atoms with Crippen LogP contribution >= 0.6 is 11.8 Å². The van der Waals surface area contributed by atoms with Gasteiger partial charge in [0.05, 0.1) is 0 Å². The summed E-state index contributed by atoms with van der Waals surface area (Å²) in [5.41, 5.74) is 5.37. The Balaban J connectivity index is 2.01. The normalized spacial score (nSPS) is 21.3. The van der Waals surface area contributed by atoms with Gasteiger partial charge < -0.3 is 16.4 Å². The Hall–Kier alpha value is -0.260. The van der Waals surface area contributed by atoms with Gasteiger partial charge >= 0.3 is 0 Å². The van der Waals surface area contributed by atoms with Gasteiger partial charge in [0, 0.05) is 37.1 Å². The number of thioether (sulfide) groups is 1. The molecule has 1 amide bonds. The van der Waals surface area contributed by atoms with Crippen LogP contribution in [-0.2, 0) is 4.79 Å². The molecule has 0 aromatic rings. The van der Waals surface area contributed by atoms with E-state index >= 15 is 0 Å². The van der Waals surface area contributed by atoms with Crippen LogP contribution in [0.4, 0.5) is 0 Å². The highest BCUT2D eigenvalue weighted by Gasteiger charge is 2.15. The second-order valence-corrected chi connectivity index (χ2v) is 4.93. The lowest BCUT2D eigenvalue weighted by molar-refractivity contribution is -0.121. The first-order chi connectivity index (χ1) is 7.33. The third-order valence-corrected chi connectivity index (χ3v) is 3.51. The molecule has 0 aliphatic carbocycles. The lowest BCUT2D eigenvalue weighted by Crippen LogP contribution is -2.41. The molecular formula is C10H21N3OS. The molecule has 1 rings (SSSR count). The number of carbonyl (C=O) groups excluding carboxylic acids is 1. The molecule has 0 aromatic heterocycles. The summed E-state index contributed by atoms with van der Waals surface area (Å²) in [7, 11) is 0. The molecule has 5 heteroatoms. The van der Waals surface area contributed by atoms with Crippen LogP contribution in [0.15, 0.2) is 0 Å². The first kappa shape index (κ1) is 12.8. The molecular weight excluding hydrogens is 210 g/mol. The fraction of sp³-hybridized carbons (Fsp3) is 0.900. The second kappa shape index (κ2) is 7.96. The maximum atomic E-state index is 11.5. The summed E-state index contributed by atoms with van der Waals surface area (Å²) in [6, 6.07) is 0.359. The van der Waals surface area contributed by atoms with Crippen LogP contribution < -0.4 is 16.4 Å². The molecule has 0 bridgehead atoms. The van der Waals surface area contributed by atoms with Crippen molar-refractivity contribution in [2.75, 3.05) is 31.1 Å². The van der Waals surface area contributed by atoms with Gasteiger partial charge in [-0.3, -0.25) is 4.79 Å². The zero-order valence-corrected chi connectivity index (χ0v) is 9.94. The molecule has 1 fully saturated rings. The van der Waals surface area contributed by atoms with Crippen LogP contribution in [-0.4, -0.2) is 43.1 Å². The van der Waals surface area contributed by atoms with Crippen LogP contribution in [0.1, 0.15) is 19.3 Å². The predicted octanol–water partition coefficient (Wildman–Crippen LogP) is -0.0634. The van der Waals surface area contributed by atoms with E-state index in [-0.39, 0.29) is 5.91 Å². The van der Waals surface area contributed by atoms with E-state index in [1.54, 1.807) is 0 Å². The fourth-order valence-corrected chi connectivity index (χ4v) is 2.49. The van der Waals surface area contributed by atoms with Gasteiger partial charge in [0.25, 0.3) is 0 Å². The third-order valence-electron chi connectivity index (χ3n) is 2.38. The van der Waals surface area contributed by atoms with Gasteiger partial charge in [-0.1, -0.05) is 0 Å². The number of unbranched alkanes of at least 4 members (excludes halogenated alkanes) is 1. The largest absolute Gasteiger partial charge is 0.356 e. The van der Waals surface area contributed by atoms with Crippen molar-refractivity contribution in [2.45, 2.75) is 25.3 Å². The van der Waals surface area contributed by atoms with Gasteiger partial charge in [-0.25, -0.2) is 0 Å². The standard InChI is InChI=1S/C10H21N3OS/c11-3-1-2-4-13-10(14)7-9-8-15-6-5-12-9/h9,12H,1-8,11H2,(H,13,14). The van der Waals surface area contributed by atoms with Crippen molar-refractivity contribution >= 4 is 17.7 Å². The molecule has 1 aliphatic heterocycles. The van der Waals surface area contributed by atoms with E-state index in [4.69, 9.17) is 5.73 Å². The first-order valence-corrected chi connectivity index (χ1v) is 6.76. The van der Waals surface area contributed by atoms with Crippen molar-refractivity contribution in [1.29, 1.82) is 0 Å². The van der Waals surface area contributed by atoms with E-state index in [0.717, 1.165) is 37.4 Å². The second-order valence-electron chi connectivity index (χ2n) is 3.78. The maximum absolute atomic E-state index is 11.5. The molecule has 4 N–H and O–H groups in total. The van der Waals surface area contributed by atoms with Crippen molar-refractivity contribution in [2.24, 2.45) is 5.73 Å². The first-order valence-electron chi connectivity index (χ1n) is 5.61. The summed E-state index contributed by atoms with van der Waals surface area (Å²) in [6.45, 7) is 2.49. The maximum Gasteiger partial charge on any atom is 0.221 e. The average Bonchev–Trinajstić information content (AvgIpc) is 2.26. The number of carbonyl (C=O) groups is 1. The zero-order valence-electron chi connectivity index (χ0n) is 9.13. The lowest BCUT2D eigenvalue weighted by Gasteiger charge is -2.22. The molecule has 1 atom stereocenters. The number of rotatable bonds is 6. The van der Waals surface area contributed by atoms with Gasteiger partial charge in [-0.2, -0.15) is 11.8 Å². The van der Waals surface area contributed by atoms with Crippen LogP contribution in [0.25, 0.3) is 0 Å². The van der Waals surface area contributed by atoms with Gasteiger partial charge in [0.15, 0.2) is 0 Å². The summed E-state index contributed by atoms with van der Waals surface area (Å²) in [5, 5.41) is 6.27. The number of hydrogen-bond acceptors (Lipinski definition) is 4. The van der Waals surface area contributed by atoms with Gasteiger partial charge in [-0.05, 0) is 19.4 Å². The Morgan fingerprint density at radius 3 is 3.07 bits per heavy atom. The topological polar surface area (TPSA) is 67.1 Å². The van der Waals surface area contributed by atoms with Crippen molar-refractivity contribution in [3.05, 3.63) is 0 Å². The third kappa shape index (κ3) is 6.02. The Kier molecular flexibility index (Phi) is 6.80. The Labute approximate surface area is 95.7 Å². The van der Waals surface area contributed by atoms with Crippen LogP contribution in [0.3, 0.4) is 0 Å². The Morgan fingerprint density at radius 1 is 1.53 bits per heavy atom. The van der Waals surface area contributed by atoms with Gasteiger partial charge in [0.1, 0.15) is 0 Å². The molecule has 0 saturated carbocycles. The van der Waals surface area contributed by atoms with Crippen LogP contribution in [0.2, 0.25) is 0 Å². The molecule has 88 valence electrons. The van der Waals surface area contributed by atoms with E-state index in [0.29, 0.717) is 19.0 Å².